The van der Waals surface area contributed by atoms with Crippen LogP contribution in [0.1, 0.15) is 30.9 Å². The number of thiophene rings is 1. The van der Waals surface area contributed by atoms with Gasteiger partial charge in [0, 0.05) is 18.6 Å². The van der Waals surface area contributed by atoms with Crippen molar-refractivity contribution in [2.45, 2.75) is 26.7 Å². The summed E-state index contributed by atoms with van der Waals surface area (Å²) in [4.78, 5) is 1.30. The smallest absolute Gasteiger partial charge is 0.129 e. The Kier molecular flexibility index (Phi) is 2.22. The molecule has 0 N–H and O–H groups in total. The Morgan fingerprint density at radius 2 is 2.07 bits per heavy atom. The van der Waals surface area contributed by atoms with Crippen LogP contribution in [0.25, 0.3) is 10.2 Å². The molecular weight excluding hydrogens is 189 g/mol. The van der Waals surface area contributed by atoms with Crippen molar-refractivity contribution in [1.82, 2.24) is 4.57 Å². The number of nitrogens with zero attached hydrogens (tertiary/aromatic N) is 1. The Hall–Kier alpha value is -0.695. The largest absolute Gasteiger partial charge is 0.342 e. The predicted molar refractivity (Wildman–Crippen MR) is 65.0 cm³/mol. The fourth-order valence-electron chi connectivity index (χ4n) is 1.87. The van der Waals surface area contributed by atoms with E-state index in [4.69, 9.17) is 7.85 Å². The van der Waals surface area contributed by atoms with Crippen LogP contribution in [0.4, 0.5) is 0 Å². The highest BCUT2D eigenvalue weighted by atomic mass is 32.1. The lowest BCUT2D eigenvalue weighted by Gasteiger charge is -2.02. The molecule has 0 unspecified atom stereocenters. The number of hydrogen-bond acceptors (Lipinski definition) is 1. The number of fused-ring (bicyclic) bond motifs is 1. The van der Waals surface area contributed by atoms with Crippen LogP contribution in [0.5, 0.6) is 0 Å². The van der Waals surface area contributed by atoms with E-state index in [0.29, 0.717) is 5.92 Å². The average Bonchev–Trinajstić information content (AvgIpc) is 2.56. The van der Waals surface area contributed by atoms with E-state index >= 15 is 0 Å². The first kappa shape index (κ1) is 9.84. The maximum Gasteiger partial charge on any atom is 0.129 e. The van der Waals surface area contributed by atoms with E-state index in [1.165, 1.54) is 21.3 Å². The van der Waals surface area contributed by atoms with Crippen molar-refractivity contribution < 1.29 is 0 Å². The van der Waals surface area contributed by atoms with Gasteiger partial charge in [0.15, 0.2) is 0 Å². The second kappa shape index (κ2) is 3.16. The Morgan fingerprint density at radius 1 is 1.43 bits per heavy atom. The van der Waals surface area contributed by atoms with Crippen molar-refractivity contribution in [2.75, 3.05) is 0 Å². The quantitative estimate of drug-likeness (QED) is 0.627. The van der Waals surface area contributed by atoms with E-state index in [9.17, 15) is 0 Å². The molecule has 0 aromatic carbocycles. The number of aryl methyl sites for hydroxylation is 2. The monoisotopic (exact) mass is 203 g/mol. The zero-order valence-electron chi connectivity index (χ0n) is 9.09. The van der Waals surface area contributed by atoms with E-state index in [-0.39, 0.29) is 0 Å². The van der Waals surface area contributed by atoms with Crippen molar-refractivity contribution >= 4 is 34.2 Å². The van der Waals surface area contributed by atoms with Gasteiger partial charge in [-0.1, -0.05) is 13.8 Å². The van der Waals surface area contributed by atoms with Crippen molar-refractivity contribution in [2.24, 2.45) is 7.05 Å². The number of rotatable bonds is 1. The predicted octanol–water partition coefficient (Wildman–Crippen LogP) is 2.47. The van der Waals surface area contributed by atoms with Gasteiger partial charge in [-0.15, -0.1) is 11.3 Å². The molecular formula is C11H14BNS. The van der Waals surface area contributed by atoms with Crippen LogP contribution < -0.4 is 4.78 Å². The zero-order chi connectivity index (χ0) is 10.5. The molecule has 2 aromatic heterocycles. The fourth-order valence-corrected chi connectivity index (χ4v) is 2.91. The summed E-state index contributed by atoms with van der Waals surface area (Å²) >= 11 is 1.68. The summed E-state index contributed by atoms with van der Waals surface area (Å²) < 4.78 is 3.13. The Morgan fingerprint density at radius 3 is 2.64 bits per heavy atom. The first-order chi connectivity index (χ1) is 6.52. The molecule has 0 saturated heterocycles. The molecule has 72 valence electrons. The van der Waals surface area contributed by atoms with Crippen LogP contribution in [0.15, 0.2) is 6.20 Å². The van der Waals surface area contributed by atoms with E-state index in [0.717, 1.165) is 4.78 Å². The van der Waals surface area contributed by atoms with Gasteiger partial charge in [0.05, 0.1) is 0 Å². The molecule has 0 atom stereocenters. The molecule has 14 heavy (non-hydrogen) atoms. The molecule has 2 rings (SSSR count). The number of aromatic nitrogens is 1. The molecule has 0 bridgehead atoms. The lowest BCUT2D eigenvalue weighted by atomic mass is 9.97. The molecule has 0 aliphatic rings. The van der Waals surface area contributed by atoms with E-state index < -0.39 is 0 Å². The van der Waals surface area contributed by atoms with Gasteiger partial charge in [0.25, 0.3) is 0 Å². The van der Waals surface area contributed by atoms with Crippen LogP contribution >= 0.6 is 11.3 Å². The Balaban J connectivity index is 2.85. The maximum atomic E-state index is 5.94. The summed E-state index contributed by atoms with van der Waals surface area (Å²) in [6.07, 6.45) is 2.22. The summed E-state index contributed by atoms with van der Waals surface area (Å²) in [5.74, 6) is 0.561. The van der Waals surface area contributed by atoms with Crippen molar-refractivity contribution in [1.29, 1.82) is 0 Å². The lowest BCUT2D eigenvalue weighted by Crippen LogP contribution is -1.99. The molecule has 0 saturated carbocycles. The lowest BCUT2D eigenvalue weighted by molar-refractivity contribution is 0.857. The molecule has 0 spiro atoms. The normalized spacial score (nSPS) is 11.8. The minimum atomic E-state index is 0.561. The second-order valence-corrected chi connectivity index (χ2v) is 5.15. The first-order valence-electron chi connectivity index (χ1n) is 4.86. The van der Waals surface area contributed by atoms with Crippen molar-refractivity contribution in [3.63, 3.8) is 0 Å². The summed E-state index contributed by atoms with van der Waals surface area (Å²) in [5.41, 5.74) is 2.65. The molecule has 2 radical (unpaired) electrons. The van der Waals surface area contributed by atoms with E-state index in [2.05, 4.69) is 38.6 Å². The molecule has 0 aliphatic carbocycles. The van der Waals surface area contributed by atoms with Gasteiger partial charge in [0.1, 0.15) is 12.7 Å². The second-order valence-electron chi connectivity index (χ2n) is 4.12. The third-order valence-corrected chi connectivity index (χ3v) is 3.94. The van der Waals surface area contributed by atoms with Crippen LogP contribution in [0, 0.1) is 6.92 Å². The minimum Gasteiger partial charge on any atom is -0.342 e. The van der Waals surface area contributed by atoms with E-state index in [1.54, 1.807) is 11.3 Å². The molecule has 1 nitrogen and oxygen atoms in total. The van der Waals surface area contributed by atoms with Gasteiger partial charge in [-0.25, -0.2) is 0 Å². The molecule has 2 heterocycles. The molecule has 0 aliphatic heterocycles. The Bertz CT molecular complexity index is 479. The highest BCUT2D eigenvalue weighted by Gasteiger charge is 2.15. The average molecular weight is 203 g/mol. The van der Waals surface area contributed by atoms with Crippen molar-refractivity contribution in [3.8, 4) is 0 Å². The molecule has 0 fully saturated rings. The van der Waals surface area contributed by atoms with Crippen LogP contribution in [0.2, 0.25) is 0 Å². The third-order valence-electron chi connectivity index (χ3n) is 2.73. The summed E-state index contributed by atoms with van der Waals surface area (Å²) in [5, 5.41) is 1.37. The highest BCUT2D eigenvalue weighted by Crippen LogP contribution is 2.32. The van der Waals surface area contributed by atoms with Gasteiger partial charge in [-0.2, -0.15) is 0 Å². The molecule has 2 aromatic rings. The molecule has 3 heteroatoms. The minimum absolute atomic E-state index is 0.561. The highest BCUT2D eigenvalue weighted by molar-refractivity contribution is 7.26. The van der Waals surface area contributed by atoms with Crippen molar-refractivity contribution in [3.05, 3.63) is 17.3 Å². The van der Waals surface area contributed by atoms with Gasteiger partial charge >= 0.3 is 0 Å². The first-order valence-corrected chi connectivity index (χ1v) is 5.67. The van der Waals surface area contributed by atoms with Gasteiger partial charge in [0.2, 0.25) is 0 Å². The summed E-state index contributed by atoms with van der Waals surface area (Å²) in [7, 11) is 8.03. The Labute approximate surface area is 90.1 Å². The SMILES string of the molecule is [B]c1sc2c(c(C(C)C)cn2C)c1C. The van der Waals surface area contributed by atoms with Gasteiger partial charge in [-0.05, 0) is 28.7 Å². The standard InChI is InChI=1S/C11H14BNS/c1-6(2)8-5-13(4)11-9(8)7(3)10(12)14-11/h5-6H,1-4H3. The number of hydrogen-bond donors (Lipinski definition) is 0. The van der Waals surface area contributed by atoms with Gasteiger partial charge in [-0.3, -0.25) is 0 Å². The van der Waals surface area contributed by atoms with Crippen LogP contribution in [-0.2, 0) is 7.05 Å². The summed E-state index contributed by atoms with van der Waals surface area (Å²) in [6.45, 7) is 6.56. The maximum absolute atomic E-state index is 5.94. The fraction of sp³-hybridized carbons (Fsp3) is 0.455. The van der Waals surface area contributed by atoms with Crippen LogP contribution in [0.3, 0.4) is 0 Å². The van der Waals surface area contributed by atoms with Crippen LogP contribution in [-0.4, -0.2) is 12.4 Å². The topological polar surface area (TPSA) is 4.93 Å². The van der Waals surface area contributed by atoms with Gasteiger partial charge < -0.3 is 4.57 Å². The zero-order valence-corrected chi connectivity index (χ0v) is 9.90. The molecule has 0 amide bonds. The third kappa shape index (κ3) is 1.22. The summed E-state index contributed by atoms with van der Waals surface area (Å²) in [6, 6.07) is 0. The van der Waals surface area contributed by atoms with E-state index in [1.807, 2.05) is 0 Å².